The molecule has 0 bridgehead atoms. The van der Waals surface area contributed by atoms with Gasteiger partial charge < -0.3 is 39.8 Å². The molecule has 16 heteroatoms. The number of nitrogens with one attached hydrogen (secondary N) is 3. The number of anilines is 1. The van der Waals surface area contributed by atoms with Crippen molar-refractivity contribution in [3.05, 3.63) is 29.6 Å². The number of aromatic nitrogens is 2. The molecule has 4 fully saturated rings. The number of carbonyl (C=O) groups excluding carboxylic acids is 5. The summed E-state index contributed by atoms with van der Waals surface area (Å²) in [5, 5.41) is 12.4. The molecule has 3 aliphatic carbocycles. The maximum Gasteiger partial charge on any atom is 0.408 e. The summed E-state index contributed by atoms with van der Waals surface area (Å²) in [7, 11) is 1.29. The Morgan fingerprint density at radius 3 is 2.45 bits per heavy atom. The molecule has 0 spiro atoms. The van der Waals surface area contributed by atoms with E-state index in [-0.39, 0.29) is 37.6 Å². The fourth-order valence-corrected chi connectivity index (χ4v) is 9.37. The second kappa shape index (κ2) is 16.3. The molecule has 3 heterocycles. The number of thiazole rings is 1. The third kappa shape index (κ3) is 8.71. The van der Waals surface area contributed by atoms with E-state index >= 15 is 0 Å². The van der Waals surface area contributed by atoms with E-state index in [9.17, 15) is 24.0 Å². The maximum absolute atomic E-state index is 14.7. The van der Waals surface area contributed by atoms with E-state index in [2.05, 4.69) is 16.0 Å². The van der Waals surface area contributed by atoms with Crippen LogP contribution >= 0.6 is 11.3 Å². The van der Waals surface area contributed by atoms with Crippen LogP contribution in [0, 0.1) is 23.2 Å². The van der Waals surface area contributed by atoms with Gasteiger partial charge in [-0.2, -0.15) is 0 Å². The van der Waals surface area contributed by atoms with Crippen molar-refractivity contribution < 1.29 is 42.9 Å². The van der Waals surface area contributed by atoms with Crippen LogP contribution in [0.4, 0.5) is 9.93 Å². The number of esters is 1. The van der Waals surface area contributed by atoms with Crippen molar-refractivity contribution in [2.24, 2.45) is 23.2 Å². The number of likely N-dealkylation sites (tertiary alicyclic amines) is 1. The van der Waals surface area contributed by atoms with Crippen LogP contribution < -0.4 is 25.4 Å². The van der Waals surface area contributed by atoms with E-state index < -0.39 is 53.0 Å². The lowest BCUT2D eigenvalue weighted by molar-refractivity contribution is -0.148. The quantitative estimate of drug-likeness (QED) is 0.129. The van der Waals surface area contributed by atoms with Gasteiger partial charge in [0.25, 0.3) is 0 Å². The minimum absolute atomic E-state index is 0.00742. The number of nitrogens with zero attached hydrogens (tertiary/aromatic N) is 3. The molecular weight excluding hydrogens is 765 g/mol. The molecule has 3 N–H and O–H groups in total. The summed E-state index contributed by atoms with van der Waals surface area (Å²) in [6.07, 6.45) is 3.15. The van der Waals surface area contributed by atoms with Gasteiger partial charge in [0, 0.05) is 35.4 Å². The Hall–Kier alpha value is -4.99. The molecule has 1 aliphatic heterocycles. The summed E-state index contributed by atoms with van der Waals surface area (Å²) in [5.74, 6) is 0.491. The van der Waals surface area contributed by atoms with Gasteiger partial charge in [-0.25, -0.2) is 19.6 Å². The Labute approximate surface area is 342 Å². The van der Waals surface area contributed by atoms with Gasteiger partial charge in [0.1, 0.15) is 53.6 Å². The number of aldehydes is 1. The first kappa shape index (κ1) is 41.2. The number of fused-ring (bicyclic) bond motifs is 2. The largest absolute Gasteiger partial charge is 0.488 e. The predicted octanol–water partition coefficient (Wildman–Crippen LogP) is 5.50. The van der Waals surface area contributed by atoms with Crippen molar-refractivity contribution in [2.75, 3.05) is 25.6 Å². The molecule has 7 rings (SSSR count). The molecule has 1 aromatic carbocycles. The molecule has 8 atom stereocenters. The Bertz CT molecular complexity index is 2060. The third-order valence-electron chi connectivity index (χ3n) is 11.7. The summed E-state index contributed by atoms with van der Waals surface area (Å²) < 4.78 is 23.2. The molecule has 3 amide bonds. The highest BCUT2D eigenvalue weighted by molar-refractivity contribution is 7.14. The molecular formula is C42H54N6O9S. The average Bonchev–Trinajstić information content (AvgIpc) is 3.84. The van der Waals surface area contributed by atoms with Gasteiger partial charge in [-0.1, -0.05) is 34.1 Å². The van der Waals surface area contributed by atoms with E-state index in [1.54, 1.807) is 24.3 Å². The summed E-state index contributed by atoms with van der Waals surface area (Å²) in [4.78, 5) is 77.6. The molecule has 15 nitrogen and oxygen atoms in total. The third-order valence-corrected chi connectivity index (χ3v) is 12.5. The van der Waals surface area contributed by atoms with Crippen molar-refractivity contribution >= 4 is 57.5 Å². The second-order valence-electron chi connectivity index (χ2n) is 17.4. The zero-order valence-electron chi connectivity index (χ0n) is 34.2. The van der Waals surface area contributed by atoms with E-state index in [0.29, 0.717) is 64.8 Å². The van der Waals surface area contributed by atoms with E-state index in [4.69, 9.17) is 28.9 Å². The number of alkyl carbamates (subject to hydrolysis) is 1. The number of pyridine rings is 1. The summed E-state index contributed by atoms with van der Waals surface area (Å²) in [6.45, 7) is 11.4. The minimum Gasteiger partial charge on any atom is -0.488 e. The lowest BCUT2D eigenvalue weighted by Gasteiger charge is -2.35. The number of ether oxygens (including phenoxy) is 4. The van der Waals surface area contributed by atoms with E-state index in [1.165, 1.54) is 29.8 Å². The van der Waals surface area contributed by atoms with Crippen LogP contribution in [0.1, 0.15) is 80.1 Å². The highest BCUT2D eigenvalue weighted by atomic mass is 32.1. The molecule has 3 aromatic rings. The van der Waals surface area contributed by atoms with Crippen LogP contribution in [0.2, 0.25) is 0 Å². The van der Waals surface area contributed by atoms with Gasteiger partial charge in [0.2, 0.25) is 11.8 Å². The Balaban J connectivity index is 1.20. The van der Waals surface area contributed by atoms with Gasteiger partial charge in [0.05, 0.1) is 24.9 Å². The normalized spacial score (nSPS) is 26.4. The van der Waals surface area contributed by atoms with E-state index in [0.717, 1.165) is 18.0 Å². The Morgan fingerprint density at radius 1 is 1.03 bits per heavy atom. The van der Waals surface area contributed by atoms with Gasteiger partial charge in [-0.3, -0.25) is 14.4 Å². The summed E-state index contributed by atoms with van der Waals surface area (Å²) in [6, 6.07) is 5.09. The van der Waals surface area contributed by atoms with Crippen LogP contribution in [-0.2, 0) is 28.7 Å². The topological polar surface area (TPSA) is 187 Å². The zero-order valence-corrected chi connectivity index (χ0v) is 35.0. The number of rotatable bonds is 15. The smallest absolute Gasteiger partial charge is 0.408 e. The van der Waals surface area contributed by atoms with E-state index in [1.807, 2.05) is 46.9 Å². The average molecular weight is 819 g/mol. The van der Waals surface area contributed by atoms with Crippen LogP contribution in [0.5, 0.6) is 11.5 Å². The first-order valence-corrected chi connectivity index (χ1v) is 21.1. The van der Waals surface area contributed by atoms with Gasteiger partial charge >= 0.3 is 12.1 Å². The standard InChI is InChI=1S/C42H54N6O9S/c1-8-25-19-42(25,38(52)54-7)47-36(50)33-17-28(20-48(33)37(51)35(41(4,5)6)46-40(53)57-27-14-23-13-24(23)15-27)56-34-18-31(32-21-58-39(45-32)43-22(2)3)44-30-16-26(55-12-11-49)9-10-29(30)34/h9-11,16,18,21-25,27-28,33,35H,8,12-15,17,19-20H2,1-7H3,(H,43,45)(H,46,53)(H,47,50)/t23-,24?,25+,27?,28+,33-,35?,42+/m0/s1. The summed E-state index contributed by atoms with van der Waals surface area (Å²) in [5.41, 5.74) is -0.280. The highest BCUT2D eigenvalue weighted by Crippen LogP contribution is 2.52. The number of methoxy groups -OCH3 is 1. The lowest BCUT2D eigenvalue weighted by Crippen LogP contribution is -2.59. The van der Waals surface area contributed by atoms with Crippen molar-refractivity contribution in [3.63, 3.8) is 0 Å². The molecule has 0 radical (unpaired) electrons. The first-order valence-electron chi connectivity index (χ1n) is 20.2. The molecule has 58 heavy (non-hydrogen) atoms. The summed E-state index contributed by atoms with van der Waals surface area (Å²) >= 11 is 1.45. The zero-order chi connectivity index (χ0) is 41.5. The fourth-order valence-electron chi connectivity index (χ4n) is 8.52. The lowest BCUT2D eigenvalue weighted by atomic mass is 9.85. The van der Waals surface area contributed by atoms with Gasteiger partial charge in [-0.05, 0) is 74.8 Å². The number of amides is 3. The van der Waals surface area contributed by atoms with Crippen LogP contribution in [0.25, 0.3) is 22.3 Å². The SMILES string of the molecule is CC[C@@H]1C[C@]1(NC(=O)[C@@H]1C[C@@H](Oc2cc(-c3csc(NC(C)C)n3)nc3cc(OCC=O)ccc23)CN1C(=O)C(NC(=O)OC1CC2C[C@H]2C1)C(C)(C)C)C(=O)OC. The van der Waals surface area contributed by atoms with Gasteiger partial charge in [0.15, 0.2) is 11.4 Å². The molecule has 3 saturated carbocycles. The predicted molar refractivity (Wildman–Crippen MR) is 216 cm³/mol. The monoisotopic (exact) mass is 818 g/mol. The van der Waals surface area contributed by atoms with Crippen LogP contribution in [0.3, 0.4) is 0 Å². The molecule has 2 aromatic heterocycles. The van der Waals surface area contributed by atoms with Crippen molar-refractivity contribution in [3.8, 4) is 22.9 Å². The highest BCUT2D eigenvalue weighted by Gasteiger charge is 2.62. The van der Waals surface area contributed by atoms with Crippen LogP contribution in [0.15, 0.2) is 29.6 Å². The van der Waals surface area contributed by atoms with Crippen molar-refractivity contribution in [1.29, 1.82) is 0 Å². The molecule has 312 valence electrons. The number of hydrogen-bond donors (Lipinski definition) is 3. The molecule has 3 unspecified atom stereocenters. The minimum atomic E-state index is -1.18. The number of carbonyl (C=O) groups is 5. The Kier molecular flexibility index (Phi) is 11.6. The molecule has 1 saturated heterocycles. The second-order valence-corrected chi connectivity index (χ2v) is 18.3. The van der Waals surface area contributed by atoms with Crippen molar-refractivity contribution in [2.45, 2.75) is 116 Å². The van der Waals surface area contributed by atoms with Crippen LogP contribution in [-0.4, -0.2) is 101 Å². The number of benzene rings is 1. The van der Waals surface area contributed by atoms with Gasteiger partial charge in [-0.15, -0.1) is 11.3 Å². The maximum atomic E-state index is 14.7. The van der Waals surface area contributed by atoms with Crippen molar-refractivity contribution in [1.82, 2.24) is 25.5 Å². The Morgan fingerprint density at radius 2 is 1.79 bits per heavy atom. The molecule has 4 aliphatic rings. The fraction of sp³-hybridized carbons (Fsp3) is 0.595. The number of hydrogen-bond acceptors (Lipinski definition) is 13. The first-order chi connectivity index (χ1) is 27.6.